The number of anilines is 1. The van der Waals surface area contributed by atoms with Gasteiger partial charge in [0.25, 0.3) is 0 Å². The molecule has 0 aliphatic heterocycles. The number of carbonyl (C=O) groups is 2. The number of rotatable bonds is 6. The maximum absolute atomic E-state index is 12.5. The predicted molar refractivity (Wildman–Crippen MR) is 93.2 cm³/mol. The van der Waals surface area contributed by atoms with Crippen molar-refractivity contribution < 1.29 is 14.3 Å². The number of hydrogen-bond acceptors (Lipinski definition) is 5. The second-order valence-electron chi connectivity index (χ2n) is 7.03. The van der Waals surface area contributed by atoms with Gasteiger partial charge in [0.05, 0.1) is 5.92 Å². The number of alkyl carbamates (subject to hydrolysis) is 1. The molecular weight excluding hydrogens is 308 g/mol. The van der Waals surface area contributed by atoms with E-state index in [-0.39, 0.29) is 17.9 Å². The molecule has 24 heavy (non-hydrogen) atoms. The molecule has 0 aliphatic carbocycles. The van der Waals surface area contributed by atoms with E-state index in [2.05, 4.69) is 21.2 Å². The number of amides is 2. The molecule has 0 radical (unpaired) electrons. The van der Waals surface area contributed by atoms with Gasteiger partial charge in [-0.15, -0.1) is 0 Å². The molecule has 134 valence electrons. The number of aromatic nitrogens is 1. The Hall–Kier alpha value is -2.31. The minimum Gasteiger partial charge on any atom is -0.444 e. The summed E-state index contributed by atoms with van der Waals surface area (Å²) in [7, 11) is 0. The Morgan fingerprint density at radius 2 is 1.83 bits per heavy atom. The lowest BCUT2D eigenvalue weighted by Crippen LogP contribution is -2.49. The van der Waals surface area contributed by atoms with E-state index in [0.29, 0.717) is 5.82 Å². The Balaban J connectivity index is 2.64. The third-order valence-electron chi connectivity index (χ3n) is 3.28. The second kappa shape index (κ2) is 8.52. The number of carbonyl (C=O) groups excluding carboxylic acids is 2. The van der Waals surface area contributed by atoms with Crippen LogP contribution in [0.4, 0.5) is 10.6 Å². The van der Waals surface area contributed by atoms with Crippen molar-refractivity contribution >= 4 is 17.8 Å². The summed E-state index contributed by atoms with van der Waals surface area (Å²) < 4.78 is 5.24. The summed E-state index contributed by atoms with van der Waals surface area (Å²) in [5, 5.41) is 2.73. The highest BCUT2D eigenvalue weighted by atomic mass is 16.6. The Morgan fingerprint density at radius 3 is 2.33 bits per heavy atom. The van der Waals surface area contributed by atoms with Gasteiger partial charge >= 0.3 is 6.09 Å². The van der Waals surface area contributed by atoms with Crippen LogP contribution in [-0.4, -0.2) is 28.6 Å². The highest BCUT2D eigenvalue weighted by Gasteiger charge is 2.30. The van der Waals surface area contributed by atoms with E-state index in [1.807, 2.05) is 19.9 Å². The van der Waals surface area contributed by atoms with Crippen LogP contribution in [0, 0.1) is 11.8 Å². The van der Waals surface area contributed by atoms with Gasteiger partial charge in [-0.25, -0.2) is 9.78 Å². The van der Waals surface area contributed by atoms with Crippen molar-refractivity contribution in [2.75, 3.05) is 5.43 Å². The maximum atomic E-state index is 12.5. The van der Waals surface area contributed by atoms with E-state index in [4.69, 9.17) is 4.74 Å². The third kappa shape index (κ3) is 6.85. The molecule has 7 heteroatoms. The van der Waals surface area contributed by atoms with Gasteiger partial charge in [0.2, 0.25) is 5.91 Å². The highest BCUT2D eigenvalue weighted by molar-refractivity contribution is 5.81. The van der Waals surface area contributed by atoms with Crippen molar-refractivity contribution in [1.82, 2.24) is 15.7 Å². The monoisotopic (exact) mass is 336 g/mol. The van der Waals surface area contributed by atoms with E-state index in [1.54, 1.807) is 46.0 Å². The average molecular weight is 336 g/mol. The molecule has 2 atom stereocenters. The van der Waals surface area contributed by atoms with Gasteiger partial charge in [-0.05, 0) is 45.7 Å². The van der Waals surface area contributed by atoms with Crippen LogP contribution >= 0.6 is 0 Å². The molecule has 0 aliphatic rings. The van der Waals surface area contributed by atoms with Crippen LogP contribution in [0.25, 0.3) is 0 Å². The SMILES string of the molecule is CC(C)[C@@H](C(=O)NNc1ccccn1)[C@H](C)NC(=O)OC(C)(C)C. The van der Waals surface area contributed by atoms with Crippen LogP contribution in [-0.2, 0) is 9.53 Å². The highest BCUT2D eigenvalue weighted by Crippen LogP contribution is 2.17. The zero-order valence-corrected chi connectivity index (χ0v) is 15.2. The zero-order chi connectivity index (χ0) is 18.3. The number of hydrazine groups is 1. The molecule has 1 heterocycles. The topological polar surface area (TPSA) is 92.4 Å². The number of nitrogens with one attached hydrogen (secondary N) is 3. The normalized spacial score (nSPS) is 13.8. The van der Waals surface area contributed by atoms with Crippen molar-refractivity contribution in [3.8, 4) is 0 Å². The van der Waals surface area contributed by atoms with Crippen LogP contribution in [0.5, 0.6) is 0 Å². The molecule has 0 aromatic carbocycles. The lowest BCUT2D eigenvalue weighted by atomic mass is 9.88. The number of ether oxygens (including phenoxy) is 1. The van der Waals surface area contributed by atoms with E-state index in [9.17, 15) is 9.59 Å². The molecule has 0 fully saturated rings. The first-order valence-electron chi connectivity index (χ1n) is 8.06. The summed E-state index contributed by atoms with van der Waals surface area (Å²) in [6, 6.07) is 4.96. The van der Waals surface area contributed by atoms with E-state index in [0.717, 1.165) is 0 Å². The number of pyridine rings is 1. The average Bonchev–Trinajstić information content (AvgIpc) is 2.43. The molecule has 1 aromatic heterocycles. The molecule has 0 spiro atoms. The lowest BCUT2D eigenvalue weighted by molar-refractivity contribution is -0.126. The smallest absolute Gasteiger partial charge is 0.407 e. The quantitative estimate of drug-likeness (QED) is 0.695. The molecular formula is C17H28N4O3. The van der Waals surface area contributed by atoms with Crippen LogP contribution in [0.1, 0.15) is 41.5 Å². The fraction of sp³-hybridized carbons (Fsp3) is 0.588. The van der Waals surface area contributed by atoms with E-state index in [1.165, 1.54) is 0 Å². The molecule has 7 nitrogen and oxygen atoms in total. The van der Waals surface area contributed by atoms with Gasteiger partial charge in [0.1, 0.15) is 11.4 Å². The molecule has 1 aromatic rings. The summed E-state index contributed by atoms with van der Waals surface area (Å²) in [5.74, 6) is -0.0745. The van der Waals surface area contributed by atoms with Crippen LogP contribution < -0.4 is 16.2 Å². The van der Waals surface area contributed by atoms with Crippen LogP contribution in [0.2, 0.25) is 0 Å². The van der Waals surface area contributed by atoms with Crippen molar-refractivity contribution in [2.45, 2.75) is 53.2 Å². The summed E-state index contributed by atoms with van der Waals surface area (Å²) >= 11 is 0. The van der Waals surface area contributed by atoms with Gasteiger partial charge in [0.15, 0.2) is 0 Å². The van der Waals surface area contributed by atoms with E-state index < -0.39 is 17.6 Å². The Morgan fingerprint density at radius 1 is 1.17 bits per heavy atom. The lowest BCUT2D eigenvalue weighted by Gasteiger charge is -2.28. The molecule has 3 N–H and O–H groups in total. The van der Waals surface area contributed by atoms with Gasteiger partial charge in [-0.3, -0.25) is 15.6 Å². The van der Waals surface area contributed by atoms with Crippen LogP contribution in [0.3, 0.4) is 0 Å². The fourth-order valence-electron chi connectivity index (χ4n) is 2.34. The summed E-state index contributed by atoms with van der Waals surface area (Å²) in [6.45, 7) is 11.0. The molecule has 0 saturated heterocycles. The van der Waals surface area contributed by atoms with Gasteiger partial charge in [0, 0.05) is 12.2 Å². The molecule has 2 amide bonds. The van der Waals surface area contributed by atoms with Crippen molar-refractivity contribution in [2.24, 2.45) is 11.8 Å². The molecule has 1 rings (SSSR count). The maximum Gasteiger partial charge on any atom is 0.407 e. The standard InChI is InChI=1S/C17H28N4O3/c1-11(2)14(12(3)19-16(23)24-17(4,5)6)15(22)21-20-13-9-7-8-10-18-13/h7-12,14H,1-6H3,(H,18,20)(H,19,23)(H,21,22)/t12-,14+/m0/s1. The Kier molecular flexibility index (Phi) is 7.00. The van der Waals surface area contributed by atoms with Crippen LogP contribution in [0.15, 0.2) is 24.4 Å². The van der Waals surface area contributed by atoms with Gasteiger partial charge in [-0.2, -0.15) is 0 Å². The minimum absolute atomic E-state index is 0.0282. The Bertz CT molecular complexity index is 541. The fourth-order valence-corrected chi connectivity index (χ4v) is 2.34. The molecule has 0 unspecified atom stereocenters. The summed E-state index contributed by atoms with van der Waals surface area (Å²) in [4.78, 5) is 28.5. The minimum atomic E-state index is -0.583. The number of hydrogen-bond donors (Lipinski definition) is 3. The van der Waals surface area contributed by atoms with E-state index >= 15 is 0 Å². The van der Waals surface area contributed by atoms with Gasteiger partial charge < -0.3 is 10.1 Å². The Labute approximate surface area is 143 Å². The predicted octanol–water partition coefficient (Wildman–Crippen LogP) is 2.71. The first-order valence-corrected chi connectivity index (χ1v) is 8.06. The van der Waals surface area contributed by atoms with Crippen molar-refractivity contribution in [1.29, 1.82) is 0 Å². The number of nitrogens with zero attached hydrogens (tertiary/aromatic N) is 1. The first kappa shape index (κ1) is 19.7. The molecule has 0 saturated carbocycles. The molecule has 0 bridgehead atoms. The van der Waals surface area contributed by atoms with Gasteiger partial charge in [-0.1, -0.05) is 19.9 Å². The summed E-state index contributed by atoms with van der Waals surface area (Å²) in [6.07, 6.45) is 1.09. The third-order valence-corrected chi connectivity index (χ3v) is 3.28. The largest absolute Gasteiger partial charge is 0.444 e. The van der Waals surface area contributed by atoms with Crippen molar-refractivity contribution in [3.05, 3.63) is 24.4 Å². The first-order chi connectivity index (χ1) is 11.1. The van der Waals surface area contributed by atoms with Crippen molar-refractivity contribution in [3.63, 3.8) is 0 Å². The zero-order valence-electron chi connectivity index (χ0n) is 15.2. The summed E-state index contributed by atoms with van der Waals surface area (Å²) in [5.41, 5.74) is 4.83. The second-order valence-corrected chi connectivity index (χ2v) is 7.03.